The molecule has 1 amide bonds. The van der Waals surface area contributed by atoms with Gasteiger partial charge in [-0.05, 0) is 31.7 Å². The topological polar surface area (TPSA) is 84.6 Å². The van der Waals surface area contributed by atoms with Crippen molar-refractivity contribution in [3.8, 4) is 0 Å². The van der Waals surface area contributed by atoms with Crippen LogP contribution in [-0.4, -0.2) is 43.9 Å². The van der Waals surface area contributed by atoms with Crippen LogP contribution in [0.2, 0.25) is 0 Å². The first-order valence-electron chi connectivity index (χ1n) is 6.77. The number of aliphatic hydroxyl groups is 1. The van der Waals surface area contributed by atoms with Gasteiger partial charge >= 0.3 is 0 Å². The highest BCUT2D eigenvalue weighted by Gasteiger charge is 2.09. The Balaban J connectivity index is 3.58. The fourth-order valence-electron chi connectivity index (χ4n) is 1.87. The van der Waals surface area contributed by atoms with Gasteiger partial charge < -0.3 is 20.9 Å². The fraction of sp³-hybridized carbons (Fsp3) is 0.923. The van der Waals surface area contributed by atoms with Gasteiger partial charge in [-0.25, -0.2) is 0 Å². The number of methoxy groups -OCH3 is 1. The van der Waals surface area contributed by atoms with Gasteiger partial charge in [-0.1, -0.05) is 13.3 Å². The van der Waals surface area contributed by atoms with Crippen LogP contribution >= 0.6 is 0 Å². The smallest absolute Gasteiger partial charge is 0.220 e. The summed E-state index contributed by atoms with van der Waals surface area (Å²) in [6.45, 7) is 3.62. The maximum Gasteiger partial charge on any atom is 0.220 e. The van der Waals surface area contributed by atoms with Gasteiger partial charge in [0.15, 0.2) is 0 Å². The van der Waals surface area contributed by atoms with Crippen LogP contribution in [-0.2, 0) is 9.53 Å². The first-order valence-corrected chi connectivity index (χ1v) is 6.77. The summed E-state index contributed by atoms with van der Waals surface area (Å²) in [5, 5.41) is 12.2. The summed E-state index contributed by atoms with van der Waals surface area (Å²) in [7, 11) is 1.55. The monoisotopic (exact) mass is 260 g/mol. The number of nitrogens with two attached hydrogens (primary N) is 1. The Bertz CT molecular complexity index is 212. The maximum absolute atomic E-state index is 11.6. The zero-order chi connectivity index (χ0) is 13.8. The fourth-order valence-corrected chi connectivity index (χ4v) is 1.87. The summed E-state index contributed by atoms with van der Waals surface area (Å²) in [5.41, 5.74) is 5.51. The van der Waals surface area contributed by atoms with Crippen LogP contribution in [0.1, 0.15) is 39.0 Å². The van der Waals surface area contributed by atoms with Crippen LogP contribution < -0.4 is 11.1 Å². The van der Waals surface area contributed by atoms with Gasteiger partial charge in [-0.15, -0.1) is 0 Å². The summed E-state index contributed by atoms with van der Waals surface area (Å²) in [6, 6.07) is 0. The van der Waals surface area contributed by atoms with E-state index in [-0.39, 0.29) is 5.91 Å². The van der Waals surface area contributed by atoms with Crippen LogP contribution in [0.4, 0.5) is 0 Å². The predicted octanol–water partition coefficient (Wildman–Crippen LogP) is 0.655. The van der Waals surface area contributed by atoms with Crippen LogP contribution in [0, 0.1) is 5.92 Å². The highest BCUT2D eigenvalue weighted by molar-refractivity contribution is 5.75. The van der Waals surface area contributed by atoms with Gasteiger partial charge in [-0.2, -0.15) is 0 Å². The lowest BCUT2D eigenvalue weighted by Gasteiger charge is -2.14. The van der Waals surface area contributed by atoms with Gasteiger partial charge in [0.25, 0.3) is 0 Å². The van der Waals surface area contributed by atoms with Crippen molar-refractivity contribution in [2.45, 2.75) is 45.1 Å². The van der Waals surface area contributed by atoms with Crippen molar-refractivity contribution in [2.75, 3.05) is 26.8 Å². The first-order chi connectivity index (χ1) is 8.63. The van der Waals surface area contributed by atoms with Crippen molar-refractivity contribution in [2.24, 2.45) is 11.7 Å². The molecule has 18 heavy (non-hydrogen) atoms. The molecule has 5 heteroatoms. The second-order valence-corrected chi connectivity index (χ2v) is 4.64. The number of hydrogen-bond acceptors (Lipinski definition) is 4. The SMILES string of the molecule is CCC(CCN)CCC(=O)NCCC(O)COC. The average Bonchev–Trinajstić information content (AvgIpc) is 2.34. The van der Waals surface area contributed by atoms with Crippen LogP contribution in [0.25, 0.3) is 0 Å². The van der Waals surface area contributed by atoms with Crippen molar-refractivity contribution in [1.29, 1.82) is 0 Å². The van der Waals surface area contributed by atoms with E-state index in [4.69, 9.17) is 10.5 Å². The van der Waals surface area contributed by atoms with Gasteiger partial charge in [0, 0.05) is 20.1 Å². The summed E-state index contributed by atoms with van der Waals surface area (Å²) < 4.78 is 4.81. The molecular formula is C13H28N2O3. The molecule has 0 bridgehead atoms. The highest BCUT2D eigenvalue weighted by Crippen LogP contribution is 2.14. The molecule has 0 aromatic carbocycles. The summed E-state index contributed by atoms with van der Waals surface area (Å²) in [5.74, 6) is 0.593. The minimum absolute atomic E-state index is 0.0510. The predicted molar refractivity (Wildman–Crippen MR) is 72.2 cm³/mol. The molecule has 0 aliphatic carbocycles. The number of amides is 1. The lowest BCUT2D eigenvalue weighted by molar-refractivity contribution is -0.121. The van der Waals surface area contributed by atoms with E-state index in [0.717, 1.165) is 19.3 Å². The maximum atomic E-state index is 11.6. The van der Waals surface area contributed by atoms with Crippen molar-refractivity contribution in [3.63, 3.8) is 0 Å². The first kappa shape index (κ1) is 17.4. The van der Waals surface area contributed by atoms with E-state index in [0.29, 0.717) is 38.5 Å². The number of aliphatic hydroxyl groups excluding tert-OH is 1. The quantitative estimate of drug-likeness (QED) is 0.509. The van der Waals surface area contributed by atoms with E-state index in [1.54, 1.807) is 7.11 Å². The minimum Gasteiger partial charge on any atom is -0.391 e. The molecule has 0 saturated carbocycles. The summed E-state index contributed by atoms with van der Waals surface area (Å²) >= 11 is 0. The molecule has 0 heterocycles. The van der Waals surface area contributed by atoms with Crippen molar-refractivity contribution >= 4 is 5.91 Å². The molecule has 5 nitrogen and oxygen atoms in total. The van der Waals surface area contributed by atoms with Gasteiger partial charge in [-0.3, -0.25) is 4.79 Å². The molecule has 0 spiro atoms. The van der Waals surface area contributed by atoms with E-state index in [1.807, 2.05) is 0 Å². The Labute approximate surface area is 110 Å². The number of nitrogens with one attached hydrogen (secondary N) is 1. The Morgan fingerprint density at radius 1 is 1.39 bits per heavy atom. The molecule has 0 aromatic rings. The Kier molecular flexibility index (Phi) is 11.0. The van der Waals surface area contributed by atoms with E-state index in [1.165, 1.54) is 0 Å². The van der Waals surface area contributed by atoms with E-state index in [9.17, 15) is 9.90 Å². The third-order valence-corrected chi connectivity index (χ3v) is 3.09. The van der Waals surface area contributed by atoms with E-state index in [2.05, 4.69) is 12.2 Å². The molecule has 0 aliphatic heterocycles. The lowest BCUT2D eigenvalue weighted by atomic mass is 9.96. The molecule has 0 aromatic heterocycles. The molecule has 0 radical (unpaired) electrons. The zero-order valence-electron chi connectivity index (χ0n) is 11.7. The Morgan fingerprint density at radius 3 is 2.67 bits per heavy atom. The second kappa shape index (κ2) is 11.4. The van der Waals surface area contributed by atoms with E-state index >= 15 is 0 Å². The average molecular weight is 260 g/mol. The van der Waals surface area contributed by atoms with Crippen LogP contribution in [0.5, 0.6) is 0 Å². The highest BCUT2D eigenvalue weighted by atomic mass is 16.5. The number of carbonyl (C=O) groups is 1. The van der Waals surface area contributed by atoms with Crippen LogP contribution in [0.3, 0.4) is 0 Å². The van der Waals surface area contributed by atoms with Gasteiger partial charge in [0.05, 0.1) is 12.7 Å². The van der Waals surface area contributed by atoms with Crippen molar-refractivity contribution < 1.29 is 14.6 Å². The standard InChI is InChI=1S/C13H28N2O3/c1-3-11(6-8-14)4-5-13(17)15-9-7-12(16)10-18-2/h11-12,16H,3-10,14H2,1-2H3,(H,15,17). The molecular weight excluding hydrogens is 232 g/mol. The Hall–Kier alpha value is -0.650. The molecule has 2 unspecified atom stereocenters. The number of carbonyl (C=O) groups excluding carboxylic acids is 1. The molecule has 108 valence electrons. The van der Waals surface area contributed by atoms with Gasteiger partial charge in [0.2, 0.25) is 5.91 Å². The molecule has 0 fully saturated rings. The van der Waals surface area contributed by atoms with Crippen molar-refractivity contribution in [1.82, 2.24) is 5.32 Å². The third-order valence-electron chi connectivity index (χ3n) is 3.09. The zero-order valence-corrected chi connectivity index (χ0v) is 11.7. The number of rotatable bonds is 11. The third kappa shape index (κ3) is 9.39. The molecule has 0 rings (SSSR count). The molecule has 4 N–H and O–H groups in total. The minimum atomic E-state index is -0.504. The normalized spacial score (nSPS) is 14.2. The largest absolute Gasteiger partial charge is 0.391 e. The Morgan fingerprint density at radius 2 is 2.11 bits per heavy atom. The van der Waals surface area contributed by atoms with E-state index < -0.39 is 6.10 Å². The lowest BCUT2D eigenvalue weighted by Crippen LogP contribution is -2.28. The van der Waals surface area contributed by atoms with Crippen LogP contribution in [0.15, 0.2) is 0 Å². The van der Waals surface area contributed by atoms with Crippen molar-refractivity contribution in [3.05, 3.63) is 0 Å². The number of ether oxygens (including phenoxy) is 1. The molecule has 2 atom stereocenters. The number of hydrogen-bond donors (Lipinski definition) is 3. The summed E-state index contributed by atoms with van der Waals surface area (Å²) in [4.78, 5) is 11.6. The summed E-state index contributed by atoms with van der Waals surface area (Å²) in [6.07, 6.45) is 3.50. The molecule has 0 aliphatic rings. The second-order valence-electron chi connectivity index (χ2n) is 4.64. The van der Waals surface area contributed by atoms with Gasteiger partial charge in [0.1, 0.15) is 0 Å². The molecule has 0 saturated heterocycles.